The maximum absolute atomic E-state index is 12.6. The SMILES string of the molecule is CC(O)C(NC(=O)C(N)CCC(=O)O)C(=O)NC(CC(N)=O)C(=O)NC(CCC(=O)O)C(=O)O. The first-order chi connectivity index (χ1) is 15.6. The monoisotopic (exact) mass is 491 g/mol. The predicted octanol–water partition coefficient (Wildman–Crippen LogP) is -4.16. The van der Waals surface area contributed by atoms with Gasteiger partial charge in [-0.2, -0.15) is 0 Å². The van der Waals surface area contributed by atoms with E-state index >= 15 is 0 Å². The molecule has 0 spiro atoms. The van der Waals surface area contributed by atoms with Crippen LogP contribution in [0, 0.1) is 0 Å². The first-order valence-corrected chi connectivity index (χ1v) is 9.95. The van der Waals surface area contributed by atoms with Crippen molar-refractivity contribution < 1.29 is 54.0 Å². The summed E-state index contributed by atoms with van der Waals surface area (Å²) >= 11 is 0. The van der Waals surface area contributed by atoms with E-state index in [9.17, 15) is 38.7 Å². The molecule has 11 N–H and O–H groups in total. The van der Waals surface area contributed by atoms with Crippen LogP contribution in [0.15, 0.2) is 0 Å². The second-order valence-corrected chi connectivity index (χ2v) is 7.33. The van der Waals surface area contributed by atoms with Crippen LogP contribution < -0.4 is 27.4 Å². The first-order valence-electron chi connectivity index (χ1n) is 9.95. The fourth-order valence-electron chi connectivity index (χ4n) is 2.55. The van der Waals surface area contributed by atoms with Crippen LogP contribution in [0.25, 0.3) is 0 Å². The maximum Gasteiger partial charge on any atom is 0.326 e. The molecular weight excluding hydrogens is 462 g/mol. The van der Waals surface area contributed by atoms with E-state index in [1.54, 1.807) is 0 Å². The topological polar surface area (TPSA) is 289 Å². The van der Waals surface area contributed by atoms with Gasteiger partial charge in [-0.1, -0.05) is 0 Å². The van der Waals surface area contributed by atoms with Crippen molar-refractivity contribution in [1.29, 1.82) is 0 Å². The number of carboxylic acids is 3. The maximum atomic E-state index is 12.6. The summed E-state index contributed by atoms with van der Waals surface area (Å²) < 4.78 is 0. The molecule has 0 radical (unpaired) electrons. The number of carbonyl (C=O) groups is 7. The molecule has 0 aliphatic heterocycles. The molecular formula is C18H29N5O11. The number of nitrogens with two attached hydrogens (primary N) is 2. The van der Waals surface area contributed by atoms with Gasteiger partial charge in [-0.15, -0.1) is 0 Å². The van der Waals surface area contributed by atoms with Crippen LogP contribution in [-0.2, 0) is 33.6 Å². The average molecular weight is 491 g/mol. The Morgan fingerprint density at radius 1 is 0.765 bits per heavy atom. The van der Waals surface area contributed by atoms with Crippen LogP contribution in [0.1, 0.15) is 39.0 Å². The third-order valence-electron chi connectivity index (χ3n) is 4.37. The van der Waals surface area contributed by atoms with Crippen molar-refractivity contribution >= 4 is 41.5 Å². The van der Waals surface area contributed by atoms with Crippen LogP contribution in [0.2, 0.25) is 0 Å². The molecule has 16 heteroatoms. The fourth-order valence-corrected chi connectivity index (χ4v) is 2.55. The zero-order chi connectivity index (χ0) is 26.6. The summed E-state index contributed by atoms with van der Waals surface area (Å²) in [4.78, 5) is 81.1. The van der Waals surface area contributed by atoms with Crippen LogP contribution in [0.3, 0.4) is 0 Å². The lowest BCUT2D eigenvalue weighted by atomic mass is 10.1. The van der Waals surface area contributed by atoms with Gasteiger partial charge in [0.15, 0.2) is 0 Å². The average Bonchev–Trinajstić information content (AvgIpc) is 2.70. The summed E-state index contributed by atoms with van der Waals surface area (Å²) in [6.07, 6.45) is -4.11. The zero-order valence-electron chi connectivity index (χ0n) is 18.2. The molecule has 0 aromatic carbocycles. The van der Waals surface area contributed by atoms with Gasteiger partial charge in [0.1, 0.15) is 18.1 Å². The Morgan fingerprint density at radius 3 is 1.71 bits per heavy atom. The number of primary amides is 1. The summed E-state index contributed by atoms with van der Waals surface area (Å²) in [6.45, 7) is 1.11. The van der Waals surface area contributed by atoms with E-state index in [0.29, 0.717) is 0 Å². The normalized spacial score (nSPS) is 15.0. The number of hydrogen-bond acceptors (Lipinski definition) is 9. The van der Waals surface area contributed by atoms with Gasteiger partial charge in [-0.25, -0.2) is 4.79 Å². The lowest BCUT2D eigenvalue weighted by Crippen LogP contribution is -2.60. The van der Waals surface area contributed by atoms with Gasteiger partial charge >= 0.3 is 17.9 Å². The van der Waals surface area contributed by atoms with Gasteiger partial charge < -0.3 is 47.8 Å². The summed E-state index contributed by atoms with van der Waals surface area (Å²) in [6, 6.07) is -6.40. The van der Waals surface area contributed by atoms with Gasteiger partial charge in [-0.3, -0.25) is 28.8 Å². The van der Waals surface area contributed by atoms with Crippen LogP contribution in [0.4, 0.5) is 0 Å². The Bertz CT molecular complexity index is 801. The van der Waals surface area contributed by atoms with E-state index in [2.05, 4.69) is 10.6 Å². The fraction of sp³-hybridized carbons (Fsp3) is 0.611. The number of hydrogen-bond donors (Lipinski definition) is 9. The molecule has 4 amide bonds. The summed E-state index contributed by atoms with van der Waals surface area (Å²) in [5.41, 5.74) is 10.6. The Hall–Kier alpha value is -3.79. The molecule has 16 nitrogen and oxygen atoms in total. The minimum Gasteiger partial charge on any atom is -0.481 e. The molecule has 0 aromatic rings. The molecule has 0 aliphatic carbocycles. The molecule has 0 bridgehead atoms. The number of rotatable bonds is 16. The van der Waals surface area contributed by atoms with Gasteiger partial charge in [0.2, 0.25) is 23.6 Å². The second-order valence-electron chi connectivity index (χ2n) is 7.33. The standard InChI is InChI=1S/C18H29N5O11/c1-7(24)14(23-15(30)8(19)2-4-12(26)27)17(32)22-10(6-11(20)25)16(31)21-9(18(33)34)3-5-13(28)29/h7-10,14,24H,2-6,19H2,1H3,(H2,20,25)(H,21,31)(H,22,32)(H,23,30)(H,26,27)(H,28,29)(H,33,34). The molecule has 0 heterocycles. The van der Waals surface area contributed by atoms with Gasteiger partial charge in [0.25, 0.3) is 0 Å². The molecule has 0 saturated heterocycles. The molecule has 0 rings (SSSR count). The second kappa shape index (κ2) is 14.4. The van der Waals surface area contributed by atoms with Crippen molar-refractivity contribution in [2.45, 2.75) is 69.3 Å². The molecule has 5 unspecified atom stereocenters. The highest BCUT2D eigenvalue weighted by atomic mass is 16.4. The Balaban J connectivity index is 5.43. The predicted molar refractivity (Wildman–Crippen MR) is 111 cm³/mol. The quantitative estimate of drug-likeness (QED) is 0.0993. The van der Waals surface area contributed by atoms with Crippen molar-refractivity contribution in [2.75, 3.05) is 0 Å². The summed E-state index contributed by atoms with van der Waals surface area (Å²) in [5.74, 6) is -8.48. The smallest absolute Gasteiger partial charge is 0.326 e. The minimum absolute atomic E-state index is 0.269. The number of nitrogens with one attached hydrogen (secondary N) is 3. The van der Waals surface area contributed by atoms with Crippen molar-refractivity contribution in [1.82, 2.24) is 16.0 Å². The number of aliphatic hydroxyl groups is 1. The molecule has 0 aliphatic rings. The van der Waals surface area contributed by atoms with Crippen molar-refractivity contribution in [3.63, 3.8) is 0 Å². The zero-order valence-corrected chi connectivity index (χ0v) is 18.2. The molecule has 0 fully saturated rings. The van der Waals surface area contributed by atoms with E-state index in [-0.39, 0.29) is 6.42 Å². The summed E-state index contributed by atoms with van der Waals surface area (Å²) in [7, 11) is 0. The number of aliphatic hydroxyl groups excluding tert-OH is 1. The largest absolute Gasteiger partial charge is 0.481 e. The van der Waals surface area contributed by atoms with E-state index in [0.717, 1.165) is 6.92 Å². The molecule has 0 saturated carbocycles. The Morgan fingerprint density at radius 2 is 1.26 bits per heavy atom. The third kappa shape index (κ3) is 11.7. The number of carbonyl (C=O) groups excluding carboxylic acids is 4. The molecule has 0 aromatic heterocycles. The third-order valence-corrected chi connectivity index (χ3v) is 4.37. The van der Waals surface area contributed by atoms with Crippen LogP contribution in [-0.4, -0.2) is 92.2 Å². The van der Waals surface area contributed by atoms with Gasteiger partial charge in [0.05, 0.1) is 18.6 Å². The highest BCUT2D eigenvalue weighted by Crippen LogP contribution is 2.03. The van der Waals surface area contributed by atoms with Crippen molar-refractivity contribution in [3.8, 4) is 0 Å². The lowest BCUT2D eigenvalue weighted by molar-refractivity contribution is -0.144. The first kappa shape index (κ1) is 30.2. The van der Waals surface area contributed by atoms with Crippen LogP contribution in [0.5, 0.6) is 0 Å². The number of carboxylic acid groups (broad SMARTS) is 3. The molecule has 5 atom stereocenters. The number of aliphatic carboxylic acids is 3. The van der Waals surface area contributed by atoms with Gasteiger partial charge in [0, 0.05) is 12.8 Å². The number of amides is 4. The van der Waals surface area contributed by atoms with E-state index in [4.69, 9.17) is 26.8 Å². The van der Waals surface area contributed by atoms with E-state index in [1.165, 1.54) is 0 Å². The molecule has 34 heavy (non-hydrogen) atoms. The van der Waals surface area contributed by atoms with E-state index in [1.807, 2.05) is 5.32 Å². The van der Waals surface area contributed by atoms with Crippen molar-refractivity contribution in [2.24, 2.45) is 11.5 Å². The lowest BCUT2D eigenvalue weighted by Gasteiger charge is -2.26. The highest BCUT2D eigenvalue weighted by molar-refractivity contribution is 5.96. The Labute approximate surface area is 193 Å². The highest BCUT2D eigenvalue weighted by Gasteiger charge is 2.33. The van der Waals surface area contributed by atoms with Gasteiger partial charge in [-0.05, 0) is 19.8 Å². The Kier molecular flexibility index (Phi) is 12.8. The van der Waals surface area contributed by atoms with E-state index < -0.39 is 97.5 Å². The minimum atomic E-state index is -1.73. The van der Waals surface area contributed by atoms with Crippen molar-refractivity contribution in [3.05, 3.63) is 0 Å². The summed E-state index contributed by atoms with van der Waals surface area (Å²) in [5, 5.41) is 42.5. The molecule has 192 valence electrons. The van der Waals surface area contributed by atoms with Crippen LogP contribution >= 0.6 is 0 Å².